The molecule has 1 fully saturated rings. The SMILES string of the molecule is COc1nc2c(cc1CNC(=O)c1ccnn1C)C(=O)N(C1CCCC1)C2. The maximum atomic E-state index is 12.9. The number of nitrogens with one attached hydrogen (secondary N) is 1. The van der Waals surface area contributed by atoms with Crippen LogP contribution in [0, 0.1) is 0 Å². The summed E-state index contributed by atoms with van der Waals surface area (Å²) < 4.78 is 6.91. The predicted molar refractivity (Wildman–Crippen MR) is 97.3 cm³/mol. The second kappa shape index (κ2) is 7.02. The van der Waals surface area contributed by atoms with E-state index in [1.54, 1.807) is 26.4 Å². The number of fused-ring (bicyclic) bond motifs is 1. The fourth-order valence-corrected chi connectivity index (χ4v) is 3.94. The lowest BCUT2D eigenvalue weighted by Crippen LogP contribution is -2.33. The van der Waals surface area contributed by atoms with Crippen molar-refractivity contribution in [3.8, 4) is 5.88 Å². The highest BCUT2D eigenvalue weighted by Crippen LogP contribution is 2.33. The molecule has 2 amide bonds. The lowest BCUT2D eigenvalue weighted by Gasteiger charge is -2.22. The van der Waals surface area contributed by atoms with Gasteiger partial charge in [0.15, 0.2) is 0 Å². The van der Waals surface area contributed by atoms with E-state index in [4.69, 9.17) is 4.74 Å². The van der Waals surface area contributed by atoms with Crippen LogP contribution in [-0.2, 0) is 20.1 Å². The van der Waals surface area contributed by atoms with Gasteiger partial charge >= 0.3 is 0 Å². The van der Waals surface area contributed by atoms with Crippen molar-refractivity contribution < 1.29 is 14.3 Å². The predicted octanol–water partition coefficient (Wildman–Crippen LogP) is 1.65. The van der Waals surface area contributed by atoms with Gasteiger partial charge in [0.2, 0.25) is 5.88 Å². The molecule has 0 spiro atoms. The molecule has 2 aliphatic rings. The first-order valence-electron chi connectivity index (χ1n) is 9.22. The van der Waals surface area contributed by atoms with Crippen molar-refractivity contribution in [2.45, 2.75) is 44.8 Å². The van der Waals surface area contributed by atoms with Crippen molar-refractivity contribution in [2.24, 2.45) is 7.05 Å². The van der Waals surface area contributed by atoms with Crippen molar-refractivity contribution in [2.75, 3.05) is 7.11 Å². The molecule has 142 valence electrons. The van der Waals surface area contributed by atoms with Crippen LogP contribution >= 0.6 is 0 Å². The Morgan fingerprint density at radius 3 is 2.81 bits per heavy atom. The number of carbonyl (C=O) groups excluding carboxylic acids is 2. The van der Waals surface area contributed by atoms with Crippen molar-refractivity contribution in [3.05, 3.63) is 40.8 Å². The van der Waals surface area contributed by atoms with Crippen LogP contribution in [0.1, 0.15) is 57.8 Å². The first kappa shape index (κ1) is 17.5. The average molecular weight is 369 g/mol. The Bertz CT molecular complexity index is 885. The molecule has 27 heavy (non-hydrogen) atoms. The minimum atomic E-state index is -0.239. The second-order valence-electron chi connectivity index (χ2n) is 7.05. The Morgan fingerprint density at radius 1 is 1.37 bits per heavy atom. The molecule has 2 aromatic heterocycles. The molecule has 1 saturated carbocycles. The molecule has 0 bridgehead atoms. The van der Waals surface area contributed by atoms with E-state index >= 15 is 0 Å². The van der Waals surface area contributed by atoms with Gasteiger partial charge in [-0.25, -0.2) is 4.98 Å². The van der Waals surface area contributed by atoms with Crippen LogP contribution < -0.4 is 10.1 Å². The summed E-state index contributed by atoms with van der Waals surface area (Å²) in [7, 11) is 3.26. The number of pyridine rings is 1. The normalized spacial score (nSPS) is 16.7. The van der Waals surface area contributed by atoms with Gasteiger partial charge in [0.05, 0.1) is 24.9 Å². The Balaban J connectivity index is 1.54. The zero-order valence-electron chi connectivity index (χ0n) is 15.6. The van der Waals surface area contributed by atoms with Crippen LogP contribution in [0.25, 0.3) is 0 Å². The second-order valence-corrected chi connectivity index (χ2v) is 7.05. The van der Waals surface area contributed by atoms with E-state index in [2.05, 4.69) is 15.4 Å². The van der Waals surface area contributed by atoms with Crippen LogP contribution in [-0.4, -0.2) is 44.6 Å². The van der Waals surface area contributed by atoms with Gasteiger partial charge in [0, 0.05) is 31.4 Å². The molecule has 1 aliphatic carbocycles. The van der Waals surface area contributed by atoms with Crippen molar-refractivity contribution >= 4 is 11.8 Å². The van der Waals surface area contributed by atoms with E-state index in [1.807, 2.05) is 11.0 Å². The molecule has 0 unspecified atom stereocenters. The maximum absolute atomic E-state index is 12.9. The molecule has 0 aromatic carbocycles. The number of methoxy groups -OCH3 is 1. The van der Waals surface area contributed by atoms with Crippen LogP contribution in [0.3, 0.4) is 0 Å². The number of hydrogen-bond acceptors (Lipinski definition) is 5. The minimum absolute atomic E-state index is 0.0336. The first-order chi connectivity index (χ1) is 13.1. The zero-order valence-corrected chi connectivity index (χ0v) is 15.6. The van der Waals surface area contributed by atoms with Crippen LogP contribution in [0.15, 0.2) is 18.3 Å². The number of aryl methyl sites for hydroxylation is 1. The summed E-state index contributed by atoms with van der Waals surface area (Å²) in [5.41, 5.74) is 2.53. The number of rotatable bonds is 5. The van der Waals surface area contributed by atoms with Gasteiger partial charge in [-0.3, -0.25) is 14.3 Å². The quantitative estimate of drug-likeness (QED) is 0.866. The van der Waals surface area contributed by atoms with Crippen LogP contribution in [0.5, 0.6) is 5.88 Å². The summed E-state index contributed by atoms with van der Waals surface area (Å²) in [5, 5.41) is 6.84. The molecule has 2 aromatic rings. The monoisotopic (exact) mass is 369 g/mol. The number of hydrogen-bond donors (Lipinski definition) is 1. The van der Waals surface area contributed by atoms with E-state index < -0.39 is 0 Å². The van der Waals surface area contributed by atoms with Crippen molar-refractivity contribution in [1.82, 2.24) is 25.0 Å². The third-order valence-corrected chi connectivity index (χ3v) is 5.40. The highest BCUT2D eigenvalue weighted by molar-refractivity contribution is 5.98. The topological polar surface area (TPSA) is 89.3 Å². The number of ether oxygens (including phenoxy) is 1. The zero-order chi connectivity index (χ0) is 19.0. The summed E-state index contributed by atoms with van der Waals surface area (Å²) >= 11 is 0. The van der Waals surface area contributed by atoms with E-state index in [-0.39, 0.29) is 18.4 Å². The molecule has 0 saturated heterocycles. The maximum Gasteiger partial charge on any atom is 0.269 e. The molecule has 1 aliphatic heterocycles. The fraction of sp³-hybridized carbons (Fsp3) is 0.474. The number of aromatic nitrogens is 3. The van der Waals surface area contributed by atoms with Gasteiger partial charge < -0.3 is 15.0 Å². The van der Waals surface area contributed by atoms with Crippen molar-refractivity contribution in [1.29, 1.82) is 0 Å². The van der Waals surface area contributed by atoms with Crippen molar-refractivity contribution in [3.63, 3.8) is 0 Å². The van der Waals surface area contributed by atoms with Crippen LogP contribution in [0.2, 0.25) is 0 Å². The van der Waals surface area contributed by atoms with Crippen LogP contribution in [0.4, 0.5) is 0 Å². The summed E-state index contributed by atoms with van der Waals surface area (Å²) in [5.74, 6) is 0.239. The molecule has 0 radical (unpaired) electrons. The highest BCUT2D eigenvalue weighted by atomic mass is 16.5. The van der Waals surface area contributed by atoms with Gasteiger partial charge in [0.25, 0.3) is 11.8 Å². The lowest BCUT2D eigenvalue weighted by molar-refractivity contribution is 0.0706. The number of amides is 2. The molecule has 1 N–H and O–H groups in total. The fourth-order valence-electron chi connectivity index (χ4n) is 3.94. The van der Waals surface area contributed by atoms with E-state index in [0.29, 0.717) is 35.3 Å². The summed E-state index contributed by atoms with van der Waals surface area (Å²) in [4.78, 5) is 31.6. The van der Waals surface area contributed by atoms with Gasteiger partial charge in [-0.1, -0.05) is 12.8 Å². The minimum Gasteiger partial charge on any atom is -0.481 e. The Morgan fingerprint density at radius 2 is 2.15 bits per heavy atom. The lowest BCUT2D eigenvalue weighted by atomic mass is 10.1. The van der Waals surface area contributed by atoms with E-state index in [0.717, 1.165) is 18.5 Å². The smallest absolute Gasteiger partial charge is 0.269 e. The van der Waals surface area contributed by atoms with E-state index in [9.17, 15) is 9.59 Å². The van der Waals surface area contributed by atoms with E-state index in [1.165, 1.54) is 17.5 Å². The van der Waals surface area contributed by atoms with Gasteiger partial charge in [-0.2, -0.15) is 5.10 Å². The molecule has 4 rings (SSSR count). The summed E-state index contributed by atoms with van der Waals surface area (Å²) in [6.45, 7) is 0.765. The Hall–Kier alpha value is -2.90. The van der Waals surface area contributed by atoms with Gasteiger partial charge in [-0.05, 0) is 25.0 Å². The third-order valence-electron chi connectivity index (χ3n) is 5.40. The first-order valence-corrected chi connectivity index (χ1v) is 9.22. The highest BCUT2D eigenvalue weighted by Gasteiger charge is 2.35. The summed E-state index contributed by atoms with van der Waals surface area (Å²) in [6, 6.07) is 3.77. The average Bonchev–Trinajstić information content (AvgIpc) is 3.40. The Kier molecular flexibility index (Phi) is 4.55. The van der Waals surface area contributed by atoms with Gasteiger partial charge in [-0.15, -0.1) is 0 Å². The molecule has 8 heteroatoms. The number of carbonyl (C=O) groups is 2. The molecule has 0 atom stereocenters. The Labute approximate surface area is 157 Å². The number of nitrogens with zero attached hydrogens (tertiary/aromatic N) is 4. The third kappa shape index (κ3) is 3.15. The summed E-state index contributed by atoms with van der Waals surface area (Å²) in [6.07, 6.45) is 6.04. The van der Waals surface area contributed by atoms with Gasteiger partial charge in [0.1, 0.15) is 5.69 Å². The molecule has 8 nitrogen and oxygen atoms in total. The molecular weight excluding hydrogens is 346 g/mol. The largest absolute Gasteiger partial charge is 0.481 e. The molecular formula is C19H23N5O3. The molecule has 3 heterocycles. The standard InChI is InChI=1S/C19H23N5O3/c1-23-16(7-8-21-23)17(25)20-10-12-9-14-15(22-18(12)27-2)11-24(19(14)26)13-5-3-4-6-13/h7-9,13H,3-6,10-11H2,1-2H3,(H,20,25).